The van der Waals surface area contributed by atoms with Crippen LogP contribution >= 0.6 is 11.8 Å². The largest absolute Gasteiger partial charge is 0.465 e. The minimum absolute atomic E-state index is 0.0124. The standard InChI is InChI=1S/C25H36N2O5S/c1-17(2)26-14-10-12-25-18(19-23(31)32-16-9-6-11-24(19,3)33-25)21(29)27(20(25)22(26)30)13-7-4-5-8-15-28/h6,10-12,17-20,28H,4-5,7-9,13-16H2,1-3H3/t18-,19-,20?,24+,25-/m0/s1. The maximum Gasteiger partial charge on any atom is 0.311 e. The Labute approximate surface area is 200 Å². The Morgan fingerprint density at radius 2 is 1.85 bits per heavy atom. The molecule has 7 nitrogen and oxygen atoms in total. The maximum absolute atomic E-state index is 14.0. The molecule has 2 fully saturated rings. The molecule has 0 aromatic carbocycles. The summed E-state index contributed by atoms with van der Waals surface area (Å²) in [6.07, 6.45) is 12.1. The first-order valence-electron chi connectivity index (χ1n) is 12.2. The zero-order valence-corrected chi connectivity index (χ0v) is 20.7. The maximum atomic E-state index is 14.0. The summed E-state index contributed by atoms with van der Waals surface area (Å²) in [5.74, 6) is -1.74. The lowest BCUT2D eigenvalue weighted by Gasteiger charge is -2.38. The fraction of sp³-hybridized carbons (Fsp3) is 0.720. The zero-order chi connectivity index (χ0) is 23.8. The molecule has 4 aliphatic rings. The van der Waals surface area contributed by atoms with Crippen molar-refractivity contribution in [3.8, 4) is 0 Å². The van der Waals surface area contributed by atoms with E-state index >= 15 is 0 Å². The number of hydrogen-bond acceptors (Lipinski definition) is 6. The summed E-state index contributed by atoms with van der Waals surface area (Å²) >= 11 is 1.59. The predicted molar refractivity (Wildman–Crippen MR) is 127 cm³/mol. The molecule has 0 aromatic rings. The molecule has 1 N–H and O–H groups in total. The van der Waals surface area contributed by atoms with Crippen molar-refractivity contribution in [2.45, 2.75) is 74.5 Å². The van der Waals surface area contributed by atoms with E-state index < -0.39 is 27.4 Å². The van der Waals surface area contributed by atoms with Crippen LogP contribution in [0.25, 0.3) is 0 Å². The second-order valence-electron chi connectivity index (χ2n) is 10.0. The lowest BCUT2D eigenvalue weighted by Crippen LogP contribution is -2.54. The summed E-state index contributed by atoms with van der Waals surface area (Å²) in [4.78, 5) is 44.7. The third-order valence-electron chi connectivity index (χ3n) is 7.48. The molecule has 4 rings (SSSR count). The quantitative estimate of drug-likeness (QED) is 0.345. The Balaban J connectivity index is 1.75. The van der Waals surface area contributed by atoms with Crippen LogP contribution < -0.4 is 0 Å². The van der Waals surface area contributed by atoms with Gasteiger partial charge < -0.3 is 19.6 Å². The number of esters is 1. The van der Waals surface area contributed by atoms with Crippen LogP contribution in [0, 0.1) is 11.8 Å². The van der Waals surface area contributed by atoms with Gasteiger partial charge in [0.05, 0.1) is 23.2 Å². The van der Waals surface area contributed by atoms with Gasteiger partial charge in [-0.3, -0.25) is 14.4 Å². The normalized spacial score (nSPS) is 35.8. The van der Waals surface area contributed by atoms with Gasteiger partial charge in [-0.2, -0.15) is 0 Å². The first kappa shape index (κ1) is 24.3. The summed E-state index contributed by atoms with van der Waals surface area (Å²) in [5, 5.41) is 9.06. The molecule has 0 bridgehead atoms. The lowest BCUT2D eigenvalue weighted by atomic mass is 9.74. The molecule has 1 spiro atoms. The van der Waals surface area contributed by atoms with E-state index in [1.807, 2.05) is 43.9 Å². The number of ether oxygens (including phenoxy) is 1. The number of aliphatic hydroxyl groups excluding tert-OH is 1. The van der Waals surface area contributed by atoms with E-state index in [1.54, 1.807) is 16.7 Å². The van der Waals surface area contributed by atoms with Crippen molar-refractivity contribution in [2.24, 2.45) is 11.8 Å². The molecule has 182 valence electrons. The number of cyclic esters (lactones) is 1. The molecule has 0 saturated carbocycles. The number of rotatable bonds is 7. The van der Waals surface area contributed by atoms with Crippen LogP contribution in [0.5, 0.6) is 0 Å². The minimum Gasteiger partial charge on any atom is -0.465 e. The van der Waals surface area contributed by atoms with Gasteiger partial charge in [-0.15, -0.1) is 11.8 Å². The molecular weight excluding hydrogens is 440 g/mol. The molecule has 2 amide bonds. The molecule has 0 aromatic heterocycles. The number of unbranched alkanes of at least 4 members (excludes halogenated alkanes) is 3. The highest BCUT2D eigenvalue weighted by Gasteiger charge is 2.73. The molecule has 5 atom stereocenters. The summed E-state index contributed by atoms with van der Waals surface area (Å²) in [5.41, 5.74) is 0. The molecule has 1 unspecified atom stereocenters. The van der Waals surface area contributed by atoms with E-state index in [1.165, 1.54) is 0 Å². The van der Waals surface area contributed by atoms with Gasteiger partial charge in [0.1, 0.15) is 6.04 Å². The van der Waals surface area contributed by atoms with E-state index in [-0.39, 0.29) is 30.4 Å². The highest BCUT2D eigenvalue weighted by molar-refractivity contribution is 8.02. The molecule has 0 radical (unpaired) electrons. The lowest BCUT2D eigenvalue weighted by molar-refractivity contribution is -0.154. The minimum atomic E-state index is -0.796. The van der Waals surface area contributed by atoms with Crippen molar-refractivity contribution < 1.29 is 24.2 Å². The first-order chi connectivity index (χ1) is 15.8. The molecule has 0 aliphatic carbocycles. The topological polar surface area (TPSA) is 87.2 Å². The third-order valence-corrected chi connectivity index (χ3v) is 9.28. The zero-order valence-electron chi connectivity index (χ0n) is 19.9. The van der Waals surface area contributed by atoms with Crippen LogP contribution in [-0.4, -0.2) is 80.6 Å². The van der Waals surface area contributed by atoms with Crippen molar-refractivity contribution in [3.63, 3.8) is 0 Å². The van der Waals surface area contributed by atoms with Crippen LogP contribution in [0.15, 0.2) is 24.3 Å². The third kappa shape index (κ3) is 4.03. The first-order valence-corrected chi connectivity index (χ1v) is 13.0. The Morgan fingerprint density at radius 3 is 2.58 bits per heavy atom. The van der Waals surface area contributed by atoms with Crippen LogP contribution in [0.2, 0.25) is 0 Å². The van der Waals surface area contributed by atoms with E-state index in [2.05, 4.69) is 6.08 Å². The van der Waals surface area contributed by atoms with E-state index in [0.29, 0.717) is 26.1 Å². The predicted octanol–water partition coefficient (Wildman–Crippen LogP) is 2.54. The number of aliphatic hydroxyl groups is 1. The number of carbonyl (C=O) groups excluding carboxylic acids is 3. The second kappa shape index (κ2) is 9.45. The summed E-state index contributed by atoms with van der Waals surface area (Å²) < 4.78 is 4.15. The summed E-state index contributed by atoms with van der Waals surface area (Å²) in [6.45, 7) is 7.45. The van der Waals surface area contributed by atoms with Gasteiger partial charge in [-0.25, -0.2) is 0 Å². The van der Waals surface area contributed by atoms with Gasteiger partial charge in [0.15, 0.2) is 0 Å². The molecule has 8 heteroatoms. The average molecular weight is 477 g/mol. The van der Waals surface area contributed by atoms with Gasteiger partial charge in [-0.1, -0.05) is 37.1 Å². The number of carbonyl (C=O) groups is 3. The summed E-state index contributed by atoms with van der Waals surface area (Å²) in [6, 6.07) is -0.622. The highest BCUT2D eigenvalue weighted by Crippen LogP contribution is 2.65. The SMILES string of the molecule is CC(C)N1CC=C[C@]23S[C@]4(C)C=CCCOC(=O)[C@@H]4[C@H]2C(=O)N(CCCCCCO)C3C1=O. The molecular formula is C25H36N2O5S. The monoisotopic (exact) mass is 476 g/mol. The van der Waals surface area contributed by atoms with Gasteiger partial charge in [0, 0.05) is 30.5 Å². The van der Waals surface area contributed by atoms with Crippen molar-refractivity contribution >= 4 is 29.5 Å². The number of fused-ring (bicyclic) bond motifs is 2. The summed E-state index contributed by atoms with van der Waals surface area (Å²) in [7, 11) is 0. The fourth-order valence-electron chi connectivity index (χ4n) is 5.96. The van der Waals surface area contributed by atoms with Gasteiger partial charge in [-0.05, 0) is 40.0 Å². The van der Waals surface area contributed by atoms with Crippen molar-refractivity contribution in [1.29, 1.82) is 0 Å². The highest BCUT2D eigenvalue weighted by atomic mass is 32.2. The molecule has 4 aliphatic heterocycles. The van der Waals surface area contributed by atoms with Crippen LogP contribution in [0.4, 0.5) is 0 Å². The number of hydrogen-bond donors (Lipinski definition) is 1. The Kier molecular flexibility index (Phi) is 6.97. The van der Waals surface area contributed by atoms with E-state index in [4.69, 9.17) is 9.84 Å². The van der Waals surface area contributed by atoms with Crippen LogP contribution in [0.3, 0.4) is 0 Å². The van der Waals surface area contributed by atoms with Crippen molar-refractivity contribution in [3.05, 3.63) is 24.3 Å². The average Bonchev–Trinajstić information content (AvgIpc) is 3.06. The second-order valence-corrected chi connectivity index (χ2v) is 11.8. The number of amides is 2. The fourth-order valence-corrected chi connectivity index (χ4v) is 8.11. The smallest absolute Gasteiger partial charge is 0.311 e. The van der Waals surface area contributed by atoms with Gasteiger partial charge in [0.25, 0.3) is 0 Å². The van der Waals surface area contributed by atoms with Gasteiger partial charge >= 0.3 is 5.97 Å². The number of likely N-dealkylation sites (tertiary alicyclic amines) is 1. The molecule has 2 saturated heterocycles. The Bertz CT molecular complexity index is 858. The van der Waals surface area contributed by atoms with Crippen LogP contribution in [-0.2, 0) is 19.1 Å². The van der Waals surface area contributed by atoms with Crippen LogP contribution in [0.1, 0.15) is 52.9 Å². The Hall–Kier alpha value is -1.80. The molecule has 33 heavy (non-hydrogen) atoms. The van der Waals surface area contributed by atoms with E-state index in [9.17, 15) is 14.4 Å². The van der Waals surface area contributed by atoms with Gasteiger partial charge in [0.2, 0.25) is 11.8 Å². The number of nitrogens with zero attached hydrogens (tertiary/aromatic N) is 2. The van der Waals surface area contributed by atoms with Crippen molar-refractivity contribution in [1.82, 2.24) is 9.80 Å². The Morgan fingerprint density at radius 1 is 1.09 bits per heavy atom. The van der Waals surface area contributed by atoms with Crippen molar-refractivity contribution in [2.75, 3.05) is 26.3 Å². The van der Waals surface area contributed by atoms with E-state index in [0.717, 1.165) is 25.7 Å². The number of thioether (sulfide) groups is 1. The molecule has 4 heterocycles.